The minimum Gasteiger partial charge on any atom is -0.330 e. The first-order valence-corrected chi connectivity index (χ1v) is 9.68. The average molecular weight is 387 g/mol. The van der Waals surface area contributed by atoms with Crippen LogP contribution >= 0.6 is 34.7 Å². The molecule has 2 aromatic carbocycles. The molecule has 1 heterocycles. The lowest BCUT2D eigenvalue weighted by molar-refractivity contribution is 0.990. The molecule has 0 aliphatic heterocycles. The molecule has 0 amide bonds. The van der Waals surface area contributed by atoms with Gasteiger partial charge in [-0.05, 0) is 37.1 Å². The quantitative estimate of drug-likeness (QED) is 0.569. The van der Waals surface area contributed by atoms with Gasteiger partial charge in [-0.1, -0.05) is 70.6 Å². The summed E-state index contributed by atoms with van der Waals surface area (Å²) in [6.45, 7) is 2.05. The Hall–Kier alpha value is -2.07. The van der Waals surface area contributed by atoms with Gasteiger partial charge in [0.1, 0.15) is 5.25 Å². The number of anilines is 2. The first-order chi connectivity index (χ1) is 12.1. The summed E-state index contributed by atoms with van der Waals surface area (Å²) in [6.07, 6.45) is 0.679. The number of hydrogen-bond donors (Lipinski definition) is 1. The molecule has 3 aromatic rings. The number of nitriles is 1. The van der Waals surface area contributed by atoms with Crippen molar-refractivity contribution < 1.29 is 0 Å². The van der Waals surface area contributed by atoms with Crippen molar-refractivity contribution in [2.45, 2.75) is 22.9 Å². The first-order valence-electron chi connectivity index (χ1n) is 7.60. The summed E-state index contributed by atoms with van der Waals surface area (Å²) in [6, 6.07) is 18.0. The van der Waals surface area contributed by atoms with Crippen molar-refractivity contribution >= 4 is 45.5 Å². The Labute approximate surface area is 159 Å². The number of nitrogens with zero attached hydrogens (tertiary/aromatic N) is 3. The maximum atomic E-state index is 9.43. The SMILES string of the molecule is Cc1ccc(C[C@@H](C#N)Sc2nnc(Nc3cccc(Cl)c3)s2)cc1. The lowest BCUT2D eigenvalue weighted by Gasteiger charge is -2.06. The van der Waals surface area contributed by atoms with Crippen molar-refractivity contribution in [3.05, 3.63) is 64.7 Å². The van der Waals surface area contributed by atoms with Crippen LogP contribution in [0.4, 0.5) is 10.8 Å². The van der Waals surface area contributed by atoms with Crippen LogP contribution in [0.5, 0.6) is 0 Å². The fourth-order valence-corrected chi connectivity index (χ4v) is 4.30. The van der Waals surface area contributed by atoms with Crippen LogP contribution in [-0.4, -0.2) is 15.4 Å². The molecule has 4 nitrogen and oxygen atoms in total. The monoisotopic (exact) mass is 386 g/mol. The van der Waals surface area contributed by atoms with E-state index in [1.807, 2.05) is 24.3 Å². The van der Waals surface area contributed by atoms with Gasteiger partial charge < -0.3 is 5.32 Å². The van der Waals surface area contributed by atoms with Crippen LogP contribution in [0.2, 0.25) is 5.02 Å². The smallest absolute Gasteiger partial charge is 0.210 e. The van der Waals surface area contributed by atoms with Gasteiger partial charge in [0, 0.05) is 10.7 Å². The molecule has 0 radical (unpaired) electrons. The van der Waals surface area contributed by atoms with E-state index in [-0.39, 0.29) is 5.25 Å². The molecule has 0 aliphatic rings. The molecule has 0 aliphatic carbocycles. The molecule has 126 valence electrons. The number of aryl methyl sites for hydroxylation is 1. The summed E-state index contributed by atoms with van der Waals surface area (Å²) in [5, 5.41) is 22.0. The topological polar surface area (TPSA) is 61.6 Å². The highest BCUT2D eigenvalue weighted by atomic mass is 35.5. The van der Waals surface area contributed by atoms with Gasteiger partial charge in [0.2, 0.25) is 5.13 Å². The van der Waals surface area contributed by atoms with E-state index in [0.29, 0.717) is 16.6 Å². The molecular weight excluding hydrogens is 372 g/mol. The zero-order valence-corrected chi connectivity index (χ0v) is 15.8. The van der Waals surface area contributed by atoms with Crippen molar-refractivity contribution in [3.63, 3.8) is 0 Å². The molecule has 1 aromatic heterocycles. The number of nitrogens with one attached hydrogen (secondary N) is 1. The van der Waals surface area contributed by atoms with E-state index < -0.39 is 0 Å². The van der Waals surface area contributed by atoms with Gasteiger partial charge in [-0.15, -0.1) is 10.2 Å². The maximum absolute atomic E-state index is 9.43. The van der Waals surface area contributed by atoms with E-state index in [0.717, 1.165) is 15.6 Å². The molecule has 0 fully saturated rings. The number of benzene rings is 2. The second kappa shape index (κ2) is 8.34. The van der Waals surface area contributed by atoms with E-state index in [4.69, 9.17) is 11.6 Å². The summed E-state index contributed by atoms with van der Waals surface area (Å²) in [4.78, 5) is 0. The van der Waals surface area contributed by atoms with Crippen LogP contribution < -0.4 is 5.32 Å². The average Bonchev–Trinajstić information content (AvgIpc) is 3.03. The number of hydrogen-bond acceptors (Lipinski definition) is 6. The van der Waals surface area contributed by atoms with Gasteiger partial charge in [0.15, 0.2) is 4.34 Å². The molecule has 1 atom stereocenters. The van der Waals surface area contributed by atoms with Crippen molar-refractivity contribution in [1.82, 2.24) is 10.2 Å². The fraction of sp³-hybridized carbons (Fsp3) is 0.167. The summed E-state index contributed by atoms with van der Waals surface area (Å²) < 4.78 is 0.767. The molecule has 0 spiro atoms. The zero-order valence-electron chi connectivity index (χ0n) is 13.4. The van der Waals surface area contributed by atoms with Crippen molar-refractivity contribution in [3.8, 4) is 6.07 Å². The van der Waals surface area contributed by atoms with Crippen LogP contribution in [0.3, 0.4) is 0 Å². The highest BCUT2D eigenvalue weighted by Gasteiger charge is 2.14. The van der Waals surface area contributed by atoms with Gasteiger partial charge in [0.05, 0.1) is 6.07 Å². The van der Waals surface area contributed by atoms with Gasteiger partial charge in [-0.3, -0.25) is 0 Å². The number of halogens is 1. The zero-order chi connectivity index (χ0) is 17.6. The lowest BCUT2D eigenvalue weighted by Crippen LogP contribution is -2.03. The molecular formula is C18H15ClN4S2. The largest absolute Gasteiger partial charge is 0.330 e. The Morgan fingerprint density at radius 2 is 2.04 bits per heavy atom. The van der Waals surface area contributed by atoms with E-state index in [1.165, 1.54) is 28.7 Å². The standard InChI is InChI=1S/C18H15ClN4S2/c1-12-5-7-13(8-6-12)9-16(11-20)24-18-23-22-17(25-18)21-15-4-2-3-14(19)10-15/h2-8,10,16H,9H2,1H3,(H,21,22)/t16-/m0/s1. The molecule has 0 saturated carbocycles. The summed E-state index contributed by atoms with van der Waals surface area (Å²) in [5.74, 6) is 0. The lowest BCUT2D eigenvalue weighted by atomic mass is 10.1. The highest BCUT2D eigenvalue weighted by Crippen LogP contribution is 2.32. The normalized spacial score (nSPS) is 11.7. The predicted octanol–water partition coefficient (Wildman–Crippen LogP) is 5.47. The molecule has 0 unspecified atom stereocenters. The van der Waals surface area contributed by atoms with Gasteiger partial charge in [-0.2, -0.15) is 5.26 Å². The van der Waals surface area contributed by atoms with E-state index in [9.17, 15) is 5.26 Å². The van der Waals surface area contributed by atoms with Crippen molar-refractivity contribution in [2.24, 2.45) is 0 Å². The number of aromatic nitrogens is 2. The van der Waals surface area contributed by atoms with Crippen LogP contribution in [0.15, 0.2) is 52.9 Å². The highest BCUT2D eigenvalue weighted by molar-refractivity contribution is 8.01. The second-order valence-corrected chi connectivity index (χ2v) is 8.30. The third-order valence-electron chi connectivity index (χ3n) is 3.41. The van der Waals surface area contributed by atoms with Gasteiger partial charge in [0.25, 0.3) is 0 Å². The Morgan fingerprint density at radius 1 is 1.24 bits per heavy atom. The Bertz CT molecular complexity index is 887. The van der Waals surface area contributed by atoms with Crippen LogP contribution in [-0.2, 0) is 6.42 Å². The van der Waals surface area contributed by atoms with Gasteiger partial charge in [-0.25, -0.2) is 0 Å². The summed E-state index contributed by atoms with van der Waals surface area (Å²) in [7, 11) is 0. The number of rotatable bonds is 6. The van der Waals surface area contributed by atoms with Crippen molar-refractivity contribution in [2.75, 3.05) is 5.32 Å². The first kappa shape index (κ1) is 17.7. The maximum Gasteiger partial charge on any atom is 0.210 e. The van der Waals surface area contributed by atoms with Crippen LogP contribution in [0.25, 0.3) is 0 Å². The van der Waals surface area contributed by atoms with E-state index in [2.05, 4.69) is 52.8 Å². The second-order valence-electron chi connectivity index (χ2n) is 5.43. The third kappa shape index (κ3) is 5.20. The Kier molecular flexibility index (Phi) is 5.92. The van der Waals surface area contributed by atoms with E-state index in [1.54, 1.807) is 0 Å². The molecule has 0 saturated heterocycles. The molecule has 1 N–H and O–H groups in total. The molecule has 3 rings (SSSR count). The van der Waals surface area contributed by atoms with Crippen molar-refractivity contribution in [1.29, 1.82) is 5.26 Å². The van der Waals surface area contributed by atoms with Crippen LogP contribution in [0.1, 0.15) is 11.1 Å². The molecule has 25 heavy (non-hydrogen) atoms. The Morgan fingerprint density at radius 3 is 2.76 bits per heavy atom. The minimum absolute atomic E-state index is 0.199. The minimum atomic E-state index is -0.199. The summed E-state index contributed by atoms with van der Waals surface area (Å²) in [5.41, 5.74) is 3.22. The van der Waals surface area contributed by atoms with Crippen LogP contribution in [0, 0.1) is 18.3 Å². The number of thioether (sulfide) groups is 1. The third-order valence-corrected chi connectivity index (χ3v) is 5.66. The molecule has 7 heteroatoms. The molecule has 0 bridgehead atoms. The van der Waals surface area contributed by atoms with E-state index >= 15 is 0 Å². The fourth-order valence-electron chi connectivity index (χ4n) is 2.17. The Balaban J connectivity index is 1.63. The predicted molar refractivity (Wildman–Crippen MR) is 105 cm³/mol. The van der Waals surface area contributed by atoms with Gasteiger partial charge >= 0.3 is 0 Å². The summed E-state index contributed by atoms with van der Waals surface area (Å²) >= 11 is 8.84.